The van der Waals surface area contributed by atoms with E-state index in [0.717, 1.165) is 0 Å². The normalized spacial score (nSPS) is 10.1. The molecule has 0 aromatic heterocycles. The molecule has 0 atom stereocenters. The Kier molecular flexibility index (Phi) is 3.79. The largest absolute Gasteiger partial charge is 0.478 e. The average Bonchev–Trinajstić information content (AvgIpc) is 2.38. The molecule has 0 aliphatic carbocycles. The fraction of sp³-hybridized carbons (Fsp3) is 0.0667. The predicted molar refractivity (Wildman–Crippen MR) is 73.1 cm³/mol. The minimum Gasteiger partial charge on any atom is -0.478 e. The number of benzene rings is 2. The van der Waals surface area contributed by atoms with E-state index >= 15 is 0 Å². The number of rotatable bonds is 3. The Morgan fingerprint density at radius 2 is 1.85 bits per heavy atom. The lowest BCUT2D eigenvalue weighted by Crippen LogP contribution is -2.07. The van der Waals surface area contributed by atoms with Crippen LogP contribution in [-0.4, -0.2) is 17.0 Å². The third-order valence-corrected chi connectivity index (χ3v) is 2.69. The lowest BCUT2D eigenvalue weighted by Gasteiger charge is -2.09. The number of carboxylic acids is 1. The van der Waals surface area contributed by atoms with E-state index in [0.29, 0.717) is 11.3 Å². The molecule has 0 bridgehead atoms. The number of halogens is 1. The summed E-state index contributed by atoms with van der Waals surface area (Å²) in [6, 6.07) is 10.3. The van der Waals surface area contributed by atoms with Crippen LogP contribution in [0.1, 0.15) is 17.3 Å². The van der Waals surface area contributed by atoms with E-state index in [2.05, 4.69) is 5.32 Å². The van der Waals surface area contributed by atoms with Crippen molar-refractivity contribution < 1.29 is 19.1 Å². The first kappa shape index (κ1) is 13.7. The van der Waals surface area contributed by atoms with Gasteiger partial charge in [0.05, 0.1) is 5.56 Å². The summed E-state index contributed by atoms with van der Waals surface area (Å²) in [5.74, 6) is -1.93. The Labute approximate surface area is 114 Å². The van der Waals surface area contributed by atoms with Crippen LogP contribution in [0.15, 0.2) is 42.5 Å². The van der Waals surface area contributed by atoms with Crippen LogP contribution in [0.25, 0.3) is 11.1 Å². The molecule has 0 fully saturated rings. The molecule has 2 aromatic rings. The molecule has 0 saturated heterocycles. The molecule has 2 N–H and O–H groups in total. The van der Waals surface area contributed by atoms with E-state index in [-0.39, 0.29) is 17.0 Å². The fourth-order valence-corrected chi connectivity index (χ4v) is 1.88. The molecule has 4 nitrogen and oxygen atoms in total. The first-order chi connectivity index (χ1) is 9.47. The van der Waals surface area contributed by atoms with Crippen molar-refractivity contribution in [2.24, 2.45) is 0 Å². The molecule has 102 valence electrons. The number of amides is 1. The van der Waals surface area contributed by atoms with Crippen molar-refractivity contribution in [1.29, 1.82) is 0 Å². The van der Waals surface area contributed by atoms with Crippen LogP contribution < -0.4 is 5.32 Å². The molecule has 5 heteroatoms. The van der Waals surface area contributed by atoms with Crippen molar-refractivity contribution in [2.45, 2.75) is 6.92 Å². The molecule has 2 rings (SSSR count). The van der Waals surface area contributed by atoms with Gasteiger partial charge in [0.2, 0.25) is 5.91 Å². The molecule has 0 aliphatic rings. The summed E-state index contributed by atoms with van der Waals surface area (Å²) in [4.78, 5) is 22.2. The van der Waals surface area contributed by atoms with Gasteiger partial charge in [0.1, 0.15) is 5.82 Å². The summed E-state index contributed by atoms with van der Waals surface area (Å²) in [5.41, 5.74) is 0.971. The van der Waals surface area contributed by atoms with Crippen molar-refractivity contribution in [1.82, 2.24) is 0 Å². The molecule has 0 heterocycles. The second-order valence-corrected chi connectivity index (χ2v) is 4.27. The monoisotopic (exact) mass is 273 g/mol. The van der Waals surface area contributed by atoms with Crippen molar-refractivity contribution in [3.8, 4) is 11.1 Å². The number of carbonyl (C=O) groups excluding carboxylic acids is 1. The van der Waals surface area contributed by atoms with Crippen molar-refractivity contribution in [2.75, 3.05) is 5.32 Å². The highest BCUT2D eigenvalue weighted by Gasteiger charge is 2.11. The van der Waals surface area contributed by atoms with Gasteiger partial charge >= 0.3 is 5.97 Å². The van der Waals surface area contributed by atoms with Crippen LogP contribution in [0.5, 0.6) is 0 Å². The van der Waals surface area contributed by atoms with Crippen molar-refractivity contribution in [3.63, 3.8) is 0 Å². The summed E-state index contributed by atoms with van der Waals surface area (Å²) in [5, 5.41) is 11.6. The lowest BCUT2D eigenvalue weighted by molar-refractivity contribution is -0.114. The van der Waals surface area contributed by atoms with Gasteiger partial charge in [0, 0.05) is 18.2 Å². The predicted octanol–water partition coefficient (Wildman–Crippen LogP) is 3.15. The zero-order valence-corrected chi connectivity index (χ0v) is 10.7. The first-order valence-corrected chi connectivity index (χ1v) is 5.88. The summed E-state index contributed by atoms with van der Waals surface area (Å²) in [6.45, 7) is 1.32. The highest BCUT2D eigenvalue weighted by Crippen LogP contribution is 2.27. The molecule has 0 radical (unpaired) electrons. The third kappa shape index (κ3) is 3.00. The maximum absolute atomic E-state index is 13.8. The number of anilines is 1. The minimum absolute atomic E-state index is 0.0190. The SMILES string of the molecule is CC(=O)Nc1cc(C(=O)O)cc(-c2ccccc2F)c1. The molecular formula is C15H12FNO3. The van der Waals surface area contributed by atoms with E-state index in [1.807, 2.05) is 0 Å². The molecule has 0 unspecified atom stereocenters. The number of carbonyl (C=O) groups is 2. The maximum atomic E-state index is 13.8. The van der Waals surface area contributed by atoms with Gasteiger partial charge in [-0.3, -0.25) is 4.79 Å². The first-order valence-electron chi connectivity index (χ1n) is 5.88. The molecule has 0 aliphatic heterocycles. The van der Waals surface area contributed by atoms with E-state index < -0.39 is 11.8 Å². The van der Waals surface area contributed by atoms with E-state index in [9.17, 15) is 14.0 Å². The fourth-order valence-electron chi connectivity index (χ4n) is 1.88. The van der Waals surface area contributed by atoms with Crippen LogP contribution in [0.4, 0.5) is 10.1 Å². The van der Waals surface area contributed by atoms with Gasteiger partial charge in [-0.15, -0.1) is 0 Å². The van der Waals surface area contributed by atoms with E-state index in [4.69, 9.17) is 5.11 Å². The number of carboxylic acid groups (broad SMARTS) is 1. The van der Waals surface area contributed by atoms with Crippen LogP contribution in [-0.2, 0) is 4.79 Å². The maximum Gasteiger partial charge on any atom is 0.335 e. The van der Waals surface area contributed by atoms with Gasteiger partial charge in [-0.2, -0.15) is 0 Å². The Hall–Kier alpha value is -2.69. The van der Waals surface area contributed by atoms with E-state index in [1.165, 1.54) is 31.2 Å². The van der Waals surface area contributed by atoms with Crippen molar-refractivity contribution in [3.05, 3.63) is 53.8 Å². The standard InChI is InChI=1S/C15H12FNO3/c1-9(18)17-12-7-10(6-11(8-12)15(19)20)13-4-2-3-5-14(13)16/h2-8H,1H3,(H,17,18)(H,19,20). The van der Waals surface area contributed by atoms with Crippen LogP contribution in [0.2, 0.25) is 0 Å². The zero-order chi connectivity index (χ0) is 14.7. The van der Waals surface area contributed by atoms with E-state index in [1.54, 1.807) is 18.2 Å². The van der Waals surface area contributed by atoms with Gasteiger partial charge in [-0.1, -0.05) is 18.2 Å². The topological polar surface area (TPSA) is 66.4 Å². The molecule has 2 aromatic carbocycles. The molecular weight excluding hydrogens is 261 g/mol. The van der Waals surface area contributed by atoms with Crippen molar-refractivity contribution >= 4 is 17.6 Å². The highest BCUT2D eigenvalue weighted by molar-refractivity contribution is 5.95. The summed E-state index contributed by atoms with van der Waals surface area (Å²) in [7, 11) is 0. The zero-order valence-electron chi connectivity index (χ0n) is 10.7. The summed E-state index contributed by atoms with van der Waals surface area (Å²) in [6.07, 6.45) is 0. The lowest BCUT2D eigenvalue weighted by atomic mass is 10.0. The van der Waals surface area contributed by atoms with Gasteiger partial charge in [0.15, 0.2) is 0 Å². The van der Waals surface area contributed by atoms with Gasteiger partial charge in [-0.25, -0.2) is 9.18 Å². The smallest absolute Gasteiger partial charge is 0.335 e. The summed E-state index contributed by atoms with van der Waals surface area (Å²) < 4.78 is 13.8. The van der Waals surface area contributed by atoms with Gasteiger partial charge in [0.25, 0.3) is 0 Å². The Balaban J connectivity index is 2.58. The Bertz CT molecular complexity index is 683. The second-order valence-electron chi connectivity index (χ2n) is 4.27. The molecule has 20 heavy (non-hydrogen) atoms. The molecule has 1 amide bonds. The quantitative estimate of drug-likeness (QED) is 0.902. The number of nitrogens with one attached hydrogen (secondary N) is 1. The Morgan fingerprint density at radius 1 is 1.15 bits per heavy atom. The van der Waals surface area contributed by atoms with Crippen LogP contribution in [0.3, 0.4) is 0 Å². The molecule has 0 saturated carbocycles. The Morgan fingerprint density at radius 3 is 2.45 bits per heavy atom. The second kappa shape index (κ2) is 5.52. The third-order valence-electron chi connectivity index (χ3n) is 2.69. The number of aromatic carboxylic acids is 1. The summed E-state index contributed by atoms with van der Waals surface area (Å²) >= 11 is 0. The highest BCUT2D eigenvalue weighted by atomic mass is 19.1. The van der Waals surface area contributed by atoms with Crippen LogP contribution in [0, 0.1) is 5.82 Å². The number of hydrogen-bond acceptors (Lipinski definition) is 2. The average molecular weight is 273 g/mol. The van der Waals surface area contributed by atoms with Gasteiger partial charge < -0.3 is 10.4 Å². The number of hydrogen-bond donors (Lipinski definition) is 2. The molecule has 0 spiro atoms. The van der Waals surface area contributed by atoms with Crippen LogP contribution >= 0.6 is 0 Å². The van der Waals surface area contributed by atoms with Gasteiger partial charge in [-0.05, 0) is 29.8 Å². The minimum atomic E-state index is -1.14.